The van der Waals surface area contributed by atoms with Crippen LogP contribution in [0.4, 0.5) is 0 Å². The van der Waals surface area contributed by atoms with Gasteiger partial charge in [0.2, 0.25) is 0 Å². The third kappa shape index (κ3) is 3.67. The standard InChI is InChI=1S/C19H30N2/c1-15-6-8-17(9-7-15)18-4-3-5-19(18)21(2)14-16-10-12-20-13-11-16/h6-9,16,18-20H,3-5,10-14H2,1-2H3. The van der Waals surface area contributed by atoms with Gasteiger partial charge in [0.05, 0.1) is 0 Å². The lowest BCUT2D eigenvalue weighted by atomic mass is 9.91. The van der Waals surface area contributed by atoms with E-state index in [1.165, 1.54) is 57.3 Å². The number of piperidine rings is 1. The molecule has 1 N–H and O–H groups in total. The molecule has 1 saturated heterocycles. The van der Waals surface area contributed by atoms with E-state index < -0.39 is 0 Å². The summed E-state index contributed by atoms with van der Waals surface area (Å²) in [6.07, 6.45) is 6.84. The summed E-state index contributed by atoms with van der Waals surface area (Å²) < 4.78 is 0. The molecule has 0 radical (unpaired) electrons. The van der Waals surface area contributed by atoms with Crippen LogP contribution in [0, 0.1) is 12.8 Å². The van der Waals surface area contributed by atoms with Gasteiger partial charge in [-0.25, -0.2) is 0 Å². The van der Waals surface area contributed by atoms with E-state index in [0.717, 1.165) is 17.9 Å². The fraction of sp³-hybridized carbons (Fsp3) is 0.684. The molecule has 0 aromatic heterocycles. The van der Waals surface area contributed by atoms with Crippen molar-refractivity contribution < 1.29 is 0 Å². The van der Waals surface area contributed by atoms with Gasteiger partial charge in [-0.3, -0.25) is 0 Å². The number of hydrogen-bond acceptors (Lipinski definition) is 2. The first-order chi connectivity index (χ1) is 10.2. The molecule has 3 rings (SSSR count). The topological polar surface area (TPSA) is 15.3 Å². The molecule has 1 aromatic carbocycles. The zero-order chi connectivity index (χ0) is 14.7. The second kappa shape index (κ2) is 6.93. The largest absolute Gasteiger partial charge is 0.317 e. The number of aryl methyl sites for hydroxylation is 1. The fourth-order valence-corrected chi connectivity index (χ4v) is 4.28. The van der Waals surface area contributed by atoms with Crippen LogP contribution in [-0.4, -0.2) is 37.6 Å². The molecule has 2 atom stereocenters. The Hall–Kier alpha value is -0.860. The summed E-state index contributed by atoms with van der Waals surface area (Å²) in [5.41, 5.74) is 2.93. The molecule has 0 amide bonds. The van der Waals surface area contributed by atoms with Crippen molar-refractivity contribution in [3.63, 3.8) is 0 Å². The normalized spacial score (nSPS) is 27.4. The van der Waals surface area contributed by atoms with Crippen molar-refractivity contribution in [2.24, 2.45) is 5.92 Å². The molecule has 116 valence electrons. The van der Waals surface area contributed by atoms with Gasteiger partial charge in [-0.15, -0.1) is 0 Å². The molecule has 1 heterocycles. The average molecular weight is 286 g/mol. The van der Waals surface area contributed by atoms with Gasteiger partial charge in [-0.2, -0.15) is 0 Å². The molecule has 0 spiro atoms. The van der Waals surface area contributed by atoms with E-state index >= 15 is 0 Å². The maximum atomic E-state index is 3.48. The van der Waals surface area contributed by atoms with E-state index in [1.54, 1.807) is 5.56 Å². The van der Waals surface area contributed by atoms with Crippen LogP contribution in [0.1, 0.15) is 49.1 Å². The summed E-state index contributed by atoms with van der Waals surface area (Å²) in [4.78, 5) is 2.67. The van der Waals surface area contributed by atoms with Crippen LogP contribution >= 0.6 is 0 Å². The molecule has 1 aliphatic heterocycles. The third-order valence-corrected chi connectivity index (χ3v) is 5.56. The van der Waals surface area contributed by atoms with Gasteiger partial charge in [0.1, 0.15) is 0 Å². The van der Waals surface area contributed by atoms with Gasteiger partial charge in [-0.1, -0.05) is 36.2 Å². The van der Waals surface area contributed by atoms with Crippen LogP contribution in [0.3, 0.4) is 0 Å². The number of likely N-dealkylation sites (N-methyl/N-ethyl adjacent to an activating group) is 1. The Morgan fingerprint density at radius 2 is 1.76 bits per heavy atom. The summed E-state index contributed by atoms with van der Waals surface area (Å²) in [5, 5.41) is 3.48. The Bertz CT molecular complexity index is 433. The van der Waals surface area contributed by atoms with Crippen molar-refractivity contribution >= 4 is 0 Å². The Morgan fingerprint density at radius 3 is 2.48 bits per heavy atom. The highest BCUT2D eigenvalue weighted by Crippen LogP contribution is 2.38. The lowest BCUT2D eigenvalue weighted by molar-refractivity contribution is 0.176. The van der Waals surface area contributed by atoms with E-state index in [-0.39, 0.29) is 0 Å². The lowest BCUT2D eigenvalue weighted by Gasteiger charge is -2.34. The highest BCUT2D eigenvalue weighted by Gasteiger charge is 2.32. The SMILES string of the molecule is Cc1ccc(C2CCCC2N(C)CC2CCNCC2)cc1. The highest BCUT2D eigenvalue weighted by atomic mass is 15.1. The van der Waals surface area contributed by atoms with Crippen molar-refractivity contribution in [1.82, 2.24) is 10.2 Å². The summed E-state index contributed by atoms with van der Waals surface area (Å²) in [6.45, 7) is 5.89. The lowest BCUT2D eigenvalue weighted by Crippen LogP contribution is -2.40. The van der Waals surface area contributed by atoms with Crippen LogP contribution in [0.5, 0.6) is 0 Å². The first-order valence-electron chi connectivity index (χ1n) is 8.71. The molecule has 2 fully saturated rings. The van der Waals surface area contributed by atoms with Gasteiger partial charge in [0.15, 0.2) is 0 Å². The zero-order valence-electron chi connectivity index (χ0n) is 13.6. The average Bonchev–Trinajstić information content (AvgIpc) is 2.98. The van der Waals surface area contributed by atoms with Crippen molar-refractivity contribution in [3.05, 3.63) is 35.4 Å². The molecule has 1 aliphatic carbocycles. The molecule has 0 bridgehead atoms. The van der Waals surface area contributed by atoms with Gasteiger partial charge in [0, 0.05) is 12.6 Å². The molecule has 1 saturated carbocycles. The van der Waals surface area contributed by atoms with E-state index in [2.05, 4.69) is 48.5 Å². The number of hydrogen-bond donors (Lipinski definition) is 1. The molecule has 2 aliphatic rings. The Morgan fingerprint density at radius 1 is 1.05 bits per heavy atom. The fourth-order valence-electron chi connectivity index (χ4n) is 4.28. The van der Waals surface area contributed by atoms with Crippen LogP contribution in [0.15, 0.2) is 24.3 Å². The number of nitrogens with one attached hydrogen (secondary N) is 1. The molecule has 1 aromatic rings. The number of rotatable bonds is 4. The maximum absolute atomic E-state index is 3.48. The van der Waals surface area contributed by atoms with E-state index in [1.807, 2.05) is 0 Å². The van der Waals surface area contributed by atoms with Crippen LogP contribution in [0.25, 0.3) is 0 Å². The van der Waals surface area contributed by atoms with Crippen LogP contribution in [-0.2, 0) is 0 Å². The predicted molar refractivity (Wildman–Crippen MR) is 89.8 cm³/mol. The van der Waals surface area contributed by atoms with Crippen molar-refractivity contribution in [3.8, 4) is 0 Å². The van der Waals surface area contributed by atoms with Crippen LogP contribution in [0.2, 0.25) is 0 Å². The van der Waals surface area contributed by atoms with Gasteiger partial charge in [0.25, 0.3) is 0 Å². The van der Waals surface area contributed by atoms with Gasteiger partial charge in [-0.05, 0) is 70.1 Å². The Labute approximate surface area is 129 Å². The minimum absolute atomic E-state index is 0.748. The predicted octanol–water partition coefficient (Wildman–Crippen LogP) is 3.56. The molecule has 2 heteroatoms. The summed E-state index contributed by atoms with van der Waals surface area (Å²) >= 11 is 0. The van der Waals surface area contributed by atoms with Crippen LogP contribution < -0.4 is 5.32 Å². The van der Waals surface area contributed by atoms with E-state index in [9.17, 15) is 0 Å². The minimum Gasteiger partial charge on any atom is -0.317 e. The number of benzene rings is 1. The van der Waals surface area contributed by atoms with E-state index in [0.29, 0.717) is 0 Å². The first-order valence-corrected chi connectivity index (χ1v) is 8.71. The number of nitrogens with zero attached hydrogens (tertiary/aromatic N) is 1. The summed E-state index contributed by atoms with van der Waals surface area (Å²) in [5.74, 6) is 1.65. The Balaban J connectivity index is 1.63. The monoisotopic (exact) mass is 286 g/mol. The van der Waals surface area contributed by atoms with Crippen molar-refractivity contribution in [1.29, 1.82) is 0 Å². The molecule has 2 unspecified atom stereocenters. The molecule has 21 heavy (non-hydrogen) atoms. The molecular formula is C19H30N2. The zero-order valence-corrected chi connectivity index (χ0v) is 13.6. The quantitative estimate of drug-likeness (QED) is 0.910. The van der Waals surface area contributed by atoms with Gasteiger partial charge >= 0.3 is 0 Å². The summed E-state index contributed by atoms with van der Waals surface area (Å²) in [7, 11) is 2.36. The maximum Gasteiger partial charge on any atom is 0.0161 e. The second-order valence-electron chi connectivity index (χ2n) is 7.15. The molecular weight excluding hydrogens is 256 g/mol. The first kappa shape index (κ1) is 15.1. The van der Waals surface area contributed by atoms with Crippen molar-refractivity contribution in [2.45, 2.75) is 51.0 Å². The summed E-state index contributed by atoms with van der Waals surface area (Å²) in [6, 6.07) is 10.0. The van der Waals surface area contributed by atoms with E-state index in [4.69, 9.17) is 0 Å². The Kier molecular flexibility index (Phi) is 4.97. The van der Waals surface area contributed by atoms with Crippen molar-refractivity contribution in [2.75, 3.05) is 26.7 Å². The highest BCUT2D eigenvalue weighted by molar-refractivity contribution is 5.26. The second-order valence-corrected chi connectivity index (χ2v) is 7.15. The minimum atomic E-state index is 0.748. The smallest absolute Gasteiger partial charge is 0.0161 e. The third-order valence-electron chi connectivity index (χ3n) is 5.56. The molecule has 2 nitrogen and oxygen atoms in total. The van der Waals surface area contributed by atoms with Gasteiger partial charge < -0.3 is 10.2 Å².